The second kappa shape index (κ2) is 15.6. The predicted octanol–water partition coefficient (Wildman–Crippen LogP) is 7.55. The average Bonchev–Trinajstić information content (AvgIpc) is 4.00. The fraction of sp³-hybridized carbons (Fsp3) is 0.425. The number of hydrogen-bond donors (Lipinski definition) is 4. The summed E-state index contributed by atoms with van der Waals surface area (Å²) in [7, 11) is 0.765. The van der Waals surface area contributed by atoms with Gasteiger partial charge in [0.15, 0.2) is 5.92 Å². The Morgan fingerprint density at radius 1 is 0.741 bits per heavy atom. The van der Waals surface area contributed by atoms with Gasteiger partial charge in [0.2, 0.25) is 11.8 Å². The fourth-order valence-corrected chi connectivity index (χ4v) is 7.91. The Morgan fingerprint density at radius 2 is 1.17 bits per heavy atom. The monoisotopic (exact) mass is 812 g/mol. The van der Waals surface area contributed by atoms with Crippen LogP contribution in [-0.4, -0.2) is 92.3 Å². The highest BCUT2D eigenvalue weighted by atomic mass is 19.4. The molecule has 4 atom stereocenters. The molecule has 7 rings (SSSR count). The number of amides is 3. The van der Waals surface area contributed by atoms with E-state index in [9.17, 15) is 40.7 Å². The number of aromatic nitrogens is 4. The van der Waals surface area contributed by atoms with Crippen molar-refractivity contribution in [2.75, 3.05) is 20.2 Å². The third-order valence-corrected chi connectivity index (χ3v) is 11.0. The smallest absolute Gasteiger partial charge is 0.407 e. The Morgan fingerprint density at radius 3 is 1.59 bits per heavy atom. The summed E-state index contributed by atoms with van der Waals surface area (Å²) >= 11 is 0. The van der Waals surface area contributed by atoms with Gasteiger partial charge in [-0.05, 0) is 78.1 Å². The molecule has 0 saturated carbocycles. The van der Waals surface area contributed by atoms with Crippen LogP contribution in [-0.2, 0) is 14.3 Å². The zero-order valence-electron chi connectivity index (χ0n) is 31.7. The molecule has 0 spiro atoms. The average molecular weight is 813 g/mol. The number of H-pyrrole nitrogens is 2. The second-order valence-electron chi connectivity index (χ2n) is 15.1. The Bertz CT molecular complexity index is 2310. The first-order valence-electron chi connectivity index (χ1n) is 18.9. The molecule has 2 aromatic heterocycles. The number of aromatic amines is 2. The molecule has 18 heteroatoms. The Labute approximate surface area is 328 Å². The number of alkyl carbamates (subject to hydrolysis) is 1. The highest BCUT2D eigenvalue weighted by molar-refractivity contribution is 5.88. The predicted molar refractivity (Wildman–Crippen MR) is 202 cm³/mol. The Hall–Kier alpha value is -5.65. The second-order valence-corrected chi connectivity index (χ2v) is 15.1. The van der Waals surface area contributed by atoms with Gasteiger partial charge in [-0.1, -0.05) is 50.2 Å². The molecule has 308 valence electrons. The van der Waals surface area contributed by atoms with Gasteiger partial charge in [0.05, 0.1) is 47.3 Å². The summed E-state index contributed by atoms with van der Waals surface area (Å²) in [6, 6.07) is 14.4. The van der Waals surface area contributed by atoms with Gasteiger partial charge >= 0.3 is 18.4 Å². The Balaban J connectivity index is 1.09. The molecule has 12 nitrogen and oxygen atoms in total. The number of nitrogens with one attached hydrogen (secondary N) is 3. The van der Waals surface area contributed by atoms with Gasteiger partial charge in [-0.2, -0.15) is 26.3 Å². The van der Waals surface area contributed by atoms with Crippen molar-refractivity contribution < 1.29 is 45.5 Å². The minimum atomic E-state index is -5.90. The maximum Gasteiger partial charge on any atom is 0.407 e. The first-order valence-corrected chi connectivity index (χ1v) is 18.9. The zero-order valence-corrected chi connectivity index (χ0v) is 31.7. The first kappa shape index (κ1) is 40.5. The summed E-state index contributed by atoms with van der Waals surface area (Å²) in [6.45, 7) is 4.34. The minimum absolute atomic E-state index is 0.0211. The number of carbonyl (C=O) groups is 3. The van der Waals surface area contributed by atoms with Crippen molar-refractivity contribution in [3.05, 3.63) is 72.3 Å². The van der Waals surface area contributed by atoms with Gasteiger partial charge < -0.3 is 35.6 Å². The van der Waals surface area contributed by atoms with Crippen molar-refractivity contribution in [2.45, 2.75) is 76.1 Å². The van der Waals surface area contributed by atoms with Crippen LogP contribution >= 0.6 is 0 Å². The van der Waals surface area contributed by atoms with Crippen molar-refractivity contribution in [1.82, 2.24) is 35.1 Å². The van der Waals surface area contributed by atoms with E-state index in [2.05, 4.69) is 19.7 Å². The number of nitrogens with two attached hydrogens (primary N) is 1. The summed E-state index contributed by atoms with van der Waals surface area (Å²) in [5.74, 6) is -4.86. The third kappa shape index (κ3) is 7.93. The van der Waals surface area contributed by atoms with Gasteiger partial charge in [-0.3, -0.25) is 9.59 Å². The Kier molecular flexibility index (Phi) is 10.9. The van der Waals surface area contributed by atoms with Crippen LogP contribution < -0.4 is 11.1 Å². The third-order valence-electron chi connectivity index (χ3n) is 11.0. The number of benzene rings is 3. The van der Waals surface area contributed by atoms with Crippen LogP contribution in [0.25, 0.3) is 44.3 Å². The summed E-state index contributed by atoms with van der Waals surface area (Å²) in [6.07, 6.45) is -11.3. The molecule has 3 amide bonds. The minimum Gasteiger partial charge on any atom is -0.453 e. The number of imidazole rings is 2. The van der Waals surface area contributed by atoms with E-state index in [0.29, 0.717) is 17.6 Å². The lowest BCUT2D eigenvalue weighted by Crippen LogP contribution is -2.59. The number of hydrogen-bond acceptors (Lipinski definition) is 7. The van der Waals surface area contributed by atoms with Gasteiger partial charge in [0.25, 0.3) is 0 Å². The highest BCUT2D eigenvalue weighted by Crippen LogP contribution is 2.43. The number of alkyl halides is 6. The normalized spacial score (nSPS) is 18.8. The van der Waals surface area contributed by atoms with Crippen LogP contribution in [0.5, 0.6) is 0 Å². The molecule has 0 unspecified atom stereocenters. The van der Waals surface area contributed by atoms with Crippen LogP contribution in [0.2, 0.25) is 0 Å². The standard InChI is InChI=1S/C40H42F6N8O4/c1-20(2)31(47)36(55)53-16-4-6-29(53)34-48-25-14-12-23(18-27(25)50-34)21-8-10-22(11-9-21)24-13-15-26-28(19-24)51-35(49-26)30-7-5-17-54(30)37(56)32(52-38(57)58-3)33(39(41,42)43)40(44,45)46/h8-15,18-20,29-33H,4-7,16-17,47H2,1-3H3,(H,48,50)(H,49,51)(H,52,57)/t29-,30-,31-,32-/m0/s1. The maximum absolute atomic E-state index is 13.8. The van der Waals surface area contributed by atoms with Crippen molar-refractivity contribution >= 4 is 40.0 Å². The molecule has 2 aliphatic rings. The molecule has 5 N–H and O–H groups in total. The van der Waals surface area contributed by atoms with Crippen molar-refractivity contribution in [1.29, 1.82) is 0 Å². The lowest BCUT2D eigenvalue weighted by molar-refractivity contribution is -0.290. The van der Waals surface area contributed by atoms with Crippen LogP contribution in [0.15, 0.2) is 60.7 Å². The SMILES string of the molecule is COC(=O)N[C@H](C(=O)N1CCC[C@H]1c1nc2ccc(-c3ccc(-c4ccc5nc([C@@H]6CCCN6C(=O)[C@@H](N)C(C)C)[nH]c5c4)cc3)cc2[nH]1)C(C(F)(F)F)C(F)(F)F. The maximum atomic E-state index is 13.8. The number of rotatable bonds is 9. The van der Waals surface area contributed by atoms with E-state index in [1.165, 1.54) is 5.32 Å². The largest absolute Gasteiger partial charge is 0.453 e. The molecule has 2 aliphatic heterocycles. The molecule has 0 aliphatic carbocycles. The molecule has 3 aromatic carbocycles. The van der Waals surface area contributed by atoms with E-state index < -0.39 is 48.4 Å². The fourth-order valence-electron chi connectivity index (χ4n) is 7.91. The van der Waals surface area contributed by atoms with E-state index in [1.807, 2.05) is 73.3 Å². The van der Waals surface area contributed by atoms with Gasteiger partial charge in [-0.15, -0.1) is 0 Å². The first-order chi connectivity index (χ1) is 27.4. The van der Waals surface area contributed by atoms with Crippen LogP contribution in [0.3, 0.4) is 0 Å². The van der Waals surface area contributed by atoms with Gasteiger partial charge in [0.1, 0.15) is 17.7 Å². The lowest BCUT2D eigenvalue weighted by Gasteiger charge is -2.34. The summed E-state index contributed by atoms with van der Waals surface area (Å²) in [4.78, 5) is 57.1. The number of ether oxygens (including phenoxy) is 1. The van der Waals surface area contributed by atoms with Gasteiger partial charge in [-0.25, -0.2) is 14.8 Å². The topological polar surface area (TPSA) is 162 Å². The van der Waals surface area contributed by atoms with Crippen molar-refractivity contribution in [3.8, 4) is 22.3 Å². The summed E-state index contributed by atoms with van der Waals surface area (Å²) < 4.78 is 86.9. The molecule has 0 radical (unpaired) electrons. The zero-order chi connectivity index (χ0) is 41.7. The molecule has 4 heterocycles. The van der Waals surface area contributed by atoms with Crippen molar-refractivity contribution in [2.24, 2.45) is 17.6 Å². The van der Waals surface area contributed by atoms with E-state index in [0.717, 1.165) is 64.0 Å². The highest BCUT2D eigenvalue weighted by Gasteiger charge is 2.63. The van der Waals surface area contributed by atoms with E-state index in [-0.39, 0.29) is 43.1 Å². The molecular formula is C40H42F6N8O4. The molecular weight excluding hydrogens is 770 g/mol. The van der Waals surface area contributed by atoms with E-state index in [1.54, 1.807) is 6.07 Å². The number of methoxy groups -OCH3 is 1. The molecule has 58 heavy (non-hydrogen) atoms. The van der Waals surface area contributed by atoms with E-state index >= 15 is 0 Å². The van der Waals surface area contributed by atoms with Crippen molar-refractivity contribution in [3.63, 3.8) is 0 Å². The summed E-state index contributed by atoms with van der Waals surface area (Å²) in [5, 5.41) is 1.48. The number of likely N-dealkylation sites (tertiary alicyclic amines) is 2. The molecule has 2 saturated heterocycles. The summed E-state index contributed by atoms with van der Waals surface area (Å²) in [5.41, 5.74) is 12.4. The molecule has 0 bridgehead atoms. The van der Waals surface area contributed by atoms with Crippen LogP contribution in [0, 0.1) is 11.8 Å². The molecule has 5 aromatic rings. The molecule has 2 fully saturated rings. The van der Waals surface area contributed by atoms with E-state index in [4.69, 9.17) is 10.7 Å². The van der Waals surface area contributed by atoms with Gasteiger partial charge in [0, 0.05) is 13.1 Å². The van der Waals surface area contributed by atoms with Crippen LogP contribution in [0.4, 0.5) is 31.1 Å². The number of fused-ring (bicyclic) bond motifs is 2. The lowest BCUT2D eigenvalue weighted by atomic mass is 9.96. The number of nitrogens with zero attached hydrogens (tertiary/aromatic N) is 4. The number of halogens is 6. The van der Waals surface area contributed by atoms with Crippen LogP contribution in [0.1, 0.15) is 63.3 Å². The number of carbonyl (C=O) groups excluding carboxylic acids is 3. The quantitative estimate of drug-likeness (QED) is 0.112.